The van der Waals surface area contributed by atoms with Gasteiger partial charge in [0, 0.05) is 19.3 Å². The molecule has 16 heavy (non-hydrogen) atoms. The zero-order valence-electron chi connectivity index (χ0n) is 8.83. The van der Waals surface area contributed by atoms with Gasteiger partial charge in [-0.15, -0.1) is 5.10 Å². The fourth-order valence-electron chi connectivity index (χ4n) is 1.92. The molecular formula is C11H12N4O. The van der Waals surface area contributed by atoms with Gasteiger partial charge >= 0.3 is 0 Å². The maximum Gasteiger partial charge on any atom is 0.115 e. The number of aromatic nitrogens is 3. The van der Waals surface area contributed by atoms with Crippen molar-refractivity contribution in [3.05, 3.63) is 24.5 Å². The van der Waals surface area contributed by atoms with Crippen molar-refractivity contribution in [3.63, 3.8) is 0 Å². The minimum atomic E-state index is 0.761. The third-order valence-corrected chi connectivity index (χ3v) is 2.73. The molecule has 0 N–H and O–H groups in total. The number of ether oxygens (including phenoxy) is 1. The van der Waals surface area contributed by atoms with Crippen LogP contribution in [0.2, 0.25) is 0 Å². The number of hydrogen-bond acceptors (Lipinski definition) is 5. The number of nitrogens with zero attached hydrogens (tertiary/aromatic N) is 4. The summed E-state index contributed by atoms with van der Waals surface area (Å²) in [5.74, 6) is 0. The van der Waals surface area contributed by atoms with Gasteiger partial charge in [-0.3, -0.25) is 4.98 Å². The predicted octanol–water partition coefficient (Wildman–Crippen LogP) is 0.861. The number of pyridine rings is 1. The zero-order valence-corrected chi connectivity index (χ0v) is 8.83. The Morgan fingerprint density at radius 3 is 3.00 bits per heavy atom. The summed E-state index contributed by atoms with van der Waals surface area (Å²) in [6, 6.07) is 3.80. The molecule has 1 fully saturated rings. The highest BCUT2D eigenvalue weighted by Crippen LogP contribution is 2.22. The summed E-state index contributed by atoms with van der Waals surface area (Å²) < 4.78 is 5.34. The van der Waals surface area contributed by atoms with Gasteiger partial charge in [0.1, 0.15) is 11.0 Å². The number of fused-ring (bicyclic) bond motifs is 1. The smallest absolute Gasteiger partial charge is 0.115 e. The Labute approximate surface area is 93.1 Å². The maximum atomic E-state index is 5.34. The largest absolute Gasteiger partial charge is 0.378 e. The van der Waals surface area contributed by atoms with Gasteiger partial charge in [0.15, 0.2) is 0 Å². The van der Waals surface area contributed by atoms with Crippen LogP contribution in [0.15, 0.2) is 24.5 Å². The lowest BCUT2D eigenvalue weighted by molar-refractivity contribution is 0.123. The quantitative estimate of drug-likeness (QED) is 0.707. The van der Waals surface area contributed by atoms with Gasteiger partial charge in [-0.25, -0.2) is 0 Å². The van der Waals surface area contributed by atoms with Crippen molar-refractivity contribution in [3.8, 4) is 0 Å². The van der Waals surface area contributed by atoms with E-state index < -0.39 is 0 Å². The van der Waals surface area contributed by atoms with E-state index >= 15 is 0 Å². The summed E-state index contributed by atoms with van der Waals surface area (Å²) in [4.78, 5) is 6.61. The van der Waals surface area contributed by atoms with Crippen LogP contribution >= 0.6 is 0 Å². The summed E-state index contributed by atoms with van der Waals surface area (Å²) in [5.41, 5.74) is 2.81. The van der Waals surface area contributed by atoms with Crippen LogP contribution in [0.3, 0.4) is 0 Å². The molecule has 2 aromatic rings. The van der Waals surface area contributed by atoms with Gasteiger partial charge in [-0.2, -0.15) is 5.10 Å². The lowest BCUT2D eigenvalue weighted by Gasteiger charge is -2.28. The van der Waals surface area contributed by atoms with Crippen LogP contribution in [0, 0.1) is 0 Å². The van der Waals surface area contributed by atoms with E-state index in [1.54, 1.807) is 12.4 Å². The van der Waals surface area contributed by atoms with Crippen LogP contribution in [0.5, 0.6) is 0 Å². The Morgan fingerprint density at radius 1 is 1.25 bits per heavy atom. The van der Waals surface area contributed by atoms with E-state index in [4.69, 9.17) is 4.74 Å². The third-order valence-electron chi connectivity index (χ3n) is 2.73. The second kappa shape index (κ2) is 4.02. The first kappa shape index (κ1) is 9.47. The summed E-state index contributed by atoms with van der Waals surface area (Å²) >= 11 is 0. The van der Waals surface area contributed by atoms with E-state index in [0.717, 1.165) is 43.0 Å². The average molecular weight is 216 g/mol. The van der Waals surface area contributed by atoms with Gasteiger partial charge in [0.25, 0.3) is 0 Å². The fourth-order valence-corrected chi connectivity index (χ4v) is 1.92. The number of hydrogen-bond donors (Lipinski definition) is 0. The lowest BCUT2D eigenvalue weighted by Crippen LogP contribution is -2.36. The van der Waals surface area contributed by atoms with Crippen molar-refractivity contribution in [2.75, 3.05) is 31.2 Å². The monoisotopic (exact) mass is 216 g/mol. The Bertz CT molecular complexity index is 491. The van der Waals surface area contributed by atoms with E-state index in [9.17, 15) is 0 Å². The van der Waals surface area contributed by atoms with Crippen molar-refractivity contribution < 1.29 is 4.74 Å². The van der Waals surface area contributed by atoms with Crippen LogP contribution < -0.4 is 4.90 Å². The molecule has 0 spiro atoms. The Hall–Kier alpha value is -1.75. The molecule has 1 saturated heterocycles. The first-order valence-electron chi connectivity index (χ1n) is 5.34. The molecule has 5 heteroatoms. The molecule has 0 radical (unpaired) electrons. The summed E-state index contributed by atoms with van der Waals surface area (Å²) in [6.07, 6.45) is 3.56. The molecule has 0 saturated carbocycles. The Morgan fingerprint density at radius 2 is 2.12 bits per heavy atom. The Kier molecular flexibility index (Phi) is 2.38. The minimum Gasteiger partial charge on any atom is -0.378 e. The SMILES string of the molecule is c1cnc2c(N3CCOCC3)cnnc2c1. The summed E-state index contributed by atoms with van der Waals surface area (Å²) in [7, 11) is 0. The van der Waals surface area contributed by atoms with E-state index in [2.05, 4.69) is 20.1 Å². The maximum absolute atomic E-state index is 5.34. The summed E-state index contributed by atoms with van der Waals surface area (Å²) in [6.45, 7) is 3.29. The molecule has 5 nitrogen and oxygen atoms in total. The van der Waals surface area contributed by atoms with Crippen molar-refractivity contribution >= 4 is 16.7 Å². The van der Waals surface area contributed by atoms with Gasteiger partial charge in [0.05, 0.1) is 25.1 Å². The van der Waals surface area contributed by atoms with Gasteiger partial charge < -0.3 is 9.64 Å². The molecule has 0 amide bonds. The Balaban J connectivity index is 2.08. The van der Waals surface area contributed by atoms with Crippen LogP contribution in [0.25, 0.3) is 11.0 Å². The minimum absolute atomic E-state index is 0.761. The predicted molar refractivity (Wildman–Crippen MR) is 60.4 cm³/mol. The zero-order chi connectivity index (χ0) is 10.8. The molecule has 0 atom stereocenters. The van der Waals surface area contributed by atoms with Crippen LogP contribution in [-0.2, 0) is 4.74 Å². The van der Waals surface area contributed by atoms with Crippen molar-refractivity contribution in [1.29, 1.82) is 0 Å². The number of morpholine rings is 1. The molecule has 0 aliphatic carbocycles. The molecular weight excluding hydrogens is 204 g/mol. The molecule has 3 heterocycles. The summed E-state index contributed by atoms with van der Waals surface area (Å²) in [5, 5.41) is 8.08. The second-order valence-corrected chi connectivity index (χ2v) is 3.70. The molecule has 1 aliphatic rings. The standard InChI is InChI=1S/C11H12N4O/c1-2-9-11(12-3-1)10(8-13-14-9)15-4-6-16-7-5-15/h1-3,8H,4-7H2. The molecule has 0 aromatic carbocycles. The van der Waals surface area contributed by atoms with Gasteiger partial charge in [0.2, 0.25) is 0 Å². The van der Waals surface area contributed by atoms with E-state index in [1.165, 1.54) is 0 Å². The number of anilines is 1. The third kappa shape index (κ3) is 1.59. The highest BCUT2D eigenvalue weighted by Gasteiger charge is 2.15. The molecule has 0 bridgehead atoms. The molecule has 3 rings (SSSR count). The van der Waals surface area contributed by atoms with Crippen LogP contribution in [0.1, 0.15) is 0 Å². The van der Waals surface area contributed by atoms with Crippen LogP contribution in [-0.4, -0.2) is 41.5 Å². The van der Waals surface area contributed by atoms with E-state index in [0.29, 0.717) is 0 Å². The van der Waals surface area contributed by atoms with Crippen LogP contribution in [0.4, 0.5) is 5.69 Å². The van der Waals surface area contributed by atoms with E-state index in [1.807, 2.05) is 12.1 Å². The topological polar surface area (TPSA) is 51.1 Å². The number of rotatable bonds is 1. The van der Waals surface area contributed by atoms with Crippen molar-refractivity contribution in [1.82, 2.24) is 15.2 Å². The molecule has 82 valence electrons. The highest BCUT2D eigenvalue weighted by atomic mass is 16.5. The molecule has 2 aromatic heterocycles. The normalized spacial score (nSPS) is 16.6. The van der Waals surface area contributed by atoms with Gasteiger partial charge in [-0.1, -0.05) is 0 Å². The van der Waals surface area contributed by atoms with Crippen molar-refractivity contribution in [2.45, 2.75) is 0 Å². The first-order valence-corrected chi connectivity index (χ1v) is 5.34. The van der Waals surface area contributed by atoms with Crippen molar-refractivity contribution in [2.24, 2.45) is 0 Å². The lowest BCUT2D eigenvalue weighted by atomic mass is 10.2. The fraction of sp³-hybridized carbons (Fsp3) is 0.364. The first-order chi connectivity index (χ1) is 7.95. The second-order valence-electron chi connectivity index (χ2n) is 3.70. The molecule has 1 aliphatic heterocycles. The van der Waals surface area contributed by atoms with E-state index in [-0.39, 0.29) is 0 Å². The molecule has 0 unspecified atom stereocenters. The van der Waals surface area contributed by atoms with Gasteiger partial charge in [-0.05, 0) is 12.1 Å². The average Bonchev–Trinajstić information content (AvgIpc) is 2.39. The highest BCUT2D eigenvalue weighted by molar-refractivity contribution is 5.86.